The van der Waals surface area contributed by atoms with Gasteiger partial charge >= 0.3 is 0 Å². The molecule has 2 saturated heterocycles. The molecule has 28 heavy (non-hydrogen) atoms. The Kier molecular flexibility index (Phi) is 6.81. The molecule has 0 aromatic carbocycles. The van der Waals surface area contributed by atoms with Crippen LogP contribution in [0.4, 0.5) is 0 Å². The zero-order valence-electron chi connectivity index (χ0n) is 17.1. The second-order valence-corrected chi connectivity index (χ2v) is 8.83. The number of nitrogens with one attached hydrogen (secondary N) is 2. The molecule has 2 N–H and O–H groups in total. The minimum absolute atomic E-state index is 0.0671. The summed E-state index contributed by atoms with van der Waals surface area (Å²) in [6.07, 6.45) is 2.12. The summed E-state index contributed by atoms with van der Waals surface area (Å²) in [5.41, 5.74) is -0.832. The van der Waals surface area contributed by atoms with Gasteiger partial charge in [-0.25, -0.2) is 0 Å². The van der Waals surface area contributed by atoms with Crippen molar-refractivity contribution in [1.82, 2.24) is 15.5 Å². The lowest BCUT2D eigenvalue weighted by atomic mass is 9.91. The minimum Gasteiger partial charge on any atom is -0.356 e. The predicted molar refractivity (Wildman–Crippen MR) is 101 cm³/mol. The van der Waals surface area contributed by atoms with E-state index in [-0.39, 0.29) is 42.4 Å². The molecule has 0 spiro atoms. The first-order valence-corrected chi connectivity index (χ1v) is 9.91. The quantitative estimate of drug-likeness (QED) is 0.631. The average molecular weight is 390 g/mol. The van der Waals surface area contributed by atoms with Crippen LogP contribution in [0.5, 0.6) is 0 Å². The molecule has 0 saturated carbocycles. The van der Waals surface area contributed by atoms with Gasteiger partial charge in [0.25, 0.3) is 0 Å². The zero-order valence-corrected chi connectivity index (χ0v) is 17.1. The maximum Gasteiger partial charge on any atom is 0.244 e. The predicted octanol–water partition coefficient (Wildman–Crippen LogP) is 1.11. The van der Waals surface area contributed by atoms with Crippen molar-refractivity contribution < 1.29 is 19.2 Å². The zero-order chi connectivity index (χ0) is 21.1. The molecule has 2 rings (SSSR count). The van der Waals surface area contributed by atoms with E-state index in [0.29, 0.717) is 19.4 Å². The van der Waals surface area contributed by atoms with Gasteiger partial charge in [-0.2, -0.15) is 5.26 Å². The lowest BCUT2D eigenvalue weighted by molar-refractivity contribution is -0.149. The lowest BCUT2D eigenvalue weighted by Gasteiger charge is -2.29. The summed E-state index contributed by atoms with van der Waals surface area (Å²) in [5, 5.41) is 14.9. The van der Waals surface area contributed by atoms with E-state index in [1.807, 2.05) is 19.9 Å². The van der Waals surface area contributed by atoms with Crippen LogP contribution in [-0.4, -0.2) is 47.2 Å². The molecule has 2 heterocycles. The number of nitrogens with zero attached hydrogens (tertiary/aromatic N) is 2. The van der Waals surface area contributed by atoms with Gasteiger partial charge < -0.3 is 10.6 Å². The van der Waals surface area contributed by atoms with Crippen molar-refractivity contribution in [2.24, 2.45) is 17.3 Å². The molecule has 0 aromatic rings. The van der Waals surface area contributed by atoms with Gasteiger partial charge in [0, 0.05) is 18.9 Å². The monoisotopic (exact) mass is 390 g/mol. The number of hydrogen-bond acceptors (Lipinski definition) is 5. The Morgan fingerprint density at radius 3 is 2.54 bits per heavy atom. The second-order valence-electron chi connectivity index (χ2n) is 8.83. The van der Waals surface area contributed by atoms with Crippen LogP contribution in [0.1, 0.15) is 59.8 Å². The molecule has 8 heteroatoms. The summed E-state index contributed by atoms with van der Waals surface area (Å²) >= 11 is 0. The van der Waals surface area contributed by atoms with Gasteiger partial charge in [0.15, 0.2) is 0 Å². The SMILES string of the molecule is CC(C)C[C@@H](C(=O)N[C@H](C#N)C[C@@H]1CCCNC1=O)N1C(=O)CC(C)(C)C1=O. The fourth-order valence-electron chi connectivity index (χ4n) is 3.83. The van der Waals surface area contributed by atoms with Gasteiger partial charge in [0.2, 0.25) is 23.6 Å². The van der Waals surface area contributed by atoms with E-state index in [4.69, 9.17) is 0 Å². The van der Waals surface area contributed by atoms with Crippen LogP contribution >= 0.6 is 0 Å². The number of imide groups is 1. The summed E-state index contributed by atoms with van der Waals surface area (Å²) in [4.78, 5) is 51.1. The maximum atomic E-state index is 13.0. The minimum atomic E-state index is -0.946. The molecule has 0 aromatic heterocycles. The molecular formula is C20H30N4O4. The van der Waals surface area contributed by atoms with Gasteiger partial charge in [0.05, 0.1) is 11.5 Å². The normalized spacial score (nSPS) is 23.9. The van der Waals surface area contributed by atoms with Crippen LogP contribution in [0.15, 0.2) is 0 Å². The second kappa shape index (κ2) is 8.72. The van der Waals surface area contributed by atoms with E-state index < -0.39 is 23.4 Å². The Hall–Kier alpha value is -2.43. The molecule has 2 aliphatic heterocycles. The topological polar surface area (TPSA) is 119 Å². The molecular weight excluding hydrogens is 360 g/mol. The van der Waals surface area contributed by atoms with E-state index in [0.717, 1.165) is 11.3 Å². The van der Waals surface area contributed by atoms with Crippen molar-refractivity contribution >= 4 is 23.6 Å². The fraction of sp³-hybridized carbons (Fsp3) is 0.750. The number of nitriles is 1. The Bertz CT molecular complexity index is 695. The van der Waals surface area contributed by atoms with Crippen molar-refractivity contribution in [3.63, 3.8) is 0 Å². The lowest BCUT2D eigenvalue weighted by Crippen LogP contribution is -2.53. The smallest absolute Gasteiger partial charge is 0.244 e. The van der Waals surface area contributed by atoms with Crippen LogP contribution in [-0.2, 0) is 19.2 Å². The fourth-order valence-corrected chi connectivity index (χ4v) is 3.83. The third kappa shape index (κ3) is 4.89. The number of carbonyl (C=O) groups is 4. The molecule has 2 aliphatic rings. The van der Waals surface area contributed by atoms with E-state index in [9.17, 15) is 24.4 Å². The molecule has 4 amide bonds. The van der Waals surface area contributed by atoms with E-state index in [2.05, 4.69) is 10.6 Å². The Labute approximate surface area is 166 Å². The molecule has 154 valence electrons. The molecule has 8 nitrogen and oxygen atoms in total. The standard InChI is InChI=1S/C20H30N4O4/c1-12(2)8-15(24-16(25)10-20(3,4)19(24)28)18(27)23-14(11-21)9-13-6-5-7-22-17(13)26/h12-15H,5-10H2,1-4H3,(H,22,26)(H,23,27)/t13-,14-,15-/m0/s1. The summed E-state index contributed by atoms with van der Waals surface area (Å²) in [5.74, 6) is -1.60. The summed E-state index contributed by atoms with van der Waals surface area (Å²) < 4.78 is 0. The largest absolute Gasteiger partial charge is 0.356 e. The van der Waals surface area contributed by atoms with Crippen molar-refractivity contribution in [2.45, 2.75) is 71.9 Å². The van der Waals surface area contributed by atoms with Crippen molar-refractivity contribution in [3.8, 4) is 6.07 Å². The summed E-state index contributed by atoms with van der Waals surface area (Å²) in [6.45, 7) is 7.83. The van der Waals surface area contributed by atoms with Crippen LogP contribution in [0.2, 0.25) is 0 Å². The van der Waals surface area contributed by atoms with Crippen molar-refractivity contribution in [1.29, 1.82) is 5.26 Å². The number of likely N-dealkylation sites (tertiary alicyclic amines) is 1. The highest BCUT2D eigenvalue weighted by Gasteiger charge is 2.49. The average Bonchev–Trinajstić information content (AvgIpc) is 2.81. The van der Waals surface area contributed by atoms with Crippen LogP contribution in [0.25, 0.3) is 0 Å². The number of piperidine rings is 1. The van der Waals surface area contributed by atoms with Crippen LogP contribution < -0.4 is 10.6 Å². The first-order valence-electron chi connectivity index (χ1n) is 9.91. The highest BCUT2D eigenvalue weighted by Crippen LogP contribution is 2.34. The molecule has 3 atom stereocenters. The first kappa shape index (κ1) is 21.9. The third-order valence-electron chi connectivity index (χ3n) is 5.36. The molecule has 0 aliphatic carbocycles. The molecule has 2 fully saturated rings. The summed E-state index contributed by atoms with van der Waals surface area (Å²) in [6, 6.07) is 0.241. The van der Waals surface area contributed by atoms with E-state index >= 15 is 0 Å². The van der Waals surface area contributed by atoms with Gasteiger partial charge in [-0.1, -0.05) is 27.7 Å². The maximum absolute atomic E-state index is 13.0. The van der Waals surface area contributed by atoms with E-state index in [1.165, 1.54) is 0 Å². The number of hydrogen-bond donors (Lipinski definition) is 2. The molecule has 0 radical (unpaired) electrons. The van der Waals surface area contributed by atoms with Crippen LogP contribution in [0.3, 0.4) is 0 Å². The Morgan fingerprint density at radius 1 is 1.36 bits per heavy atom. The summed E-state index contributed by atoms with van der Waals surface area (Å²) in [7, 11) is 0. The number of rotatable bonds is 7. The van der Waals surface area contributed by atoms with E-state index in [1.54, 1.807) is 13.8 Å². The van der Waals surface area contributed by atoms with Crippen molar-refractivity contribution in [3.05, 3.63) is 0 Å². The molecule has 0 bridgehead atoms. The third-order valence-corrected chi connectivity index (χ3v) is 5.36. The Balaban J connectivity index is 2.13. The van der Waals surface area contributed by atoms with Gasteiger partial charge in [-0.05, 0) is 31.6 Å². The highest BCUT2D eigenvalue weighted by molar-refractivity contribution is 6.08. The van der Waals surface area contributed by atoms with Gasteiger partial charge in [0.1, 0.15) is 12.1 Å². The van der Waals surface area contributed by atoms with Crippen LogP contribution in [0, 0.1) is 28.6 Å². The van der Waals surface area contributed by atoms with Gasteiger partial charge in [-0.15, -0.1) is 0 Å². The number of amides is 4. The molecule has 0 unspecified atom stereocenters. The highest BCUT2D eigenvalue weighted by atomic mass is 16.2. The first-order chi connectivity index (χ1) is 13.1. The number of carbonyl (C=O) groups excluding carboxylic acids is 4. The van der Waals surface area contributed by atoms with Gasteiger partial charge in [-0.3, -0.25) is 24.1 Å². The van der Waals surface area contributed by atoms with Crippen molar-refractivity contribution in [2.75, 3.05) is 6.54 Å². The Morgan fingerprint density at radius 2 is 2.04 bits per heavy atom.